The van der Waals surface area contributed by atoms with Gasteiger partial charge in [-0.15, -0.1) is 0 Å². The lowest BCUT2D eigenvalue weighted by atomic mass is 10.3. The van der Waals surface area contributed by atoms with Gasteiger partial charge in [0.05, 0.1) is 6.61 Å². The van der Waals surface area contributed by atoms with Crippen LogP contribution in [0.15, 0.2) is 29.3 Å². The van der Waals surface area contributed by atoms with Crippen LogP contribution in [-0.2, 0) is 23.2 Å². The molecule has 100 valence electrons. The molecule has 1 aromatic heterocycles. The first-order valence-electron chi connectivity index (χ1n) is 6.04. The summed E-state index contributed by atoms with van der Waals surface area (Å²) in [5.41, 5.74) is 0.628. The summed E-state index contributed by atoms with van der Waals surface area (Å²) in [6, 6.07) is 1.55. The molecule has 0 amide bonds. The first kappa shape index (κ1) is 13.3. The van der Waals surface area contributed by atoms with Crippen LogP contribution in [0.3, 0.4) is 0 Å². The van der Waals surface area contributed by atoms with Crippen molar-refractivity contribution in [3.63, 3.8) is 0 Å². The van der Waals surface area contributed by atoms with Crippen LogP contribution in [0.25, 0.3) is 0 Å². The Bertz CT molecular complexity index is 524. The highest BCUT2D eigenvalue weighted by Gasteiger charge is 2.26. The standard InChI is InChI=1S/C12H18N2O3S/c1-2-13-9-12(8-11(13)10-15)18(16,17)14-6-4-3-5-7-14/h3-4,8-9,15H,2,5-7,10H2,1H3. The van der Waals surface area contributed by atoms with Crippen LogP contribution in [0.5, 0.6) is 0 Å². The third kappa shape index (κ3) is 2.36. The largest absolute Gasteiger partial charge is 0.390 e. The van der Waals surface area contributed by atoms with Crippen LogP contribution in [0, 0.1) is 0 Å². The van der Waals surface area contributed by atoms with E-state index < -0.39 is 10.0 Å². The SMILES string of the molecule is CCn1cc(S(=O)(=O)N2CC=CCC2)cc1CO. The minimum atomic E-state index is -3.43. The summed E-state index contributed by atoms with van der Waals surface area (Å²) >= 11 is 0. The molecule has 0 aromatic carbocycles. The van der Waals surface area contributed by atoms with Gasteiger partial charge in [0, 0.05) is 31.5 Å². The summed E-state index contributed by atoms with van der Waals surface area (Å²) < 4.78 is 28.0. The fraction of sp³-hybridized carbons (Fsp3) is 0.500. The molecule has 1 aromatic rings. The number of nitrogens with zero attached hydrogens (tertiary/aromatic N) is 2. The van der Waals surface area contributed by atoms with Gasteiger partial charge in [0.25, 0.3) is 0 Å². The van der Waals surface area contributed by atoms with E-state index in [9.17, 15) is 13.5 Å². The van der Waals surface area contributed by atoms with Crippen molar-refractivity contribution in [2.24, 2.45) is 0 Å². The van der Waals surface area contributed by atoms with E-state index in [2.05, 4.69) is 0 Å². The summed E-state index contributed by atoms with van der Waals surface area (Å²) in [6.07, 6.45) is 6.20. The quantitative estimate of drug-likeness (QED) is 0.829. The molecule has 1 aliphatic rings. The van der Waals surface area contributed by atoms with E-state index in [1.165, 1.54) is 4.31 Å². The van der Waals surface area contributed by atoms with Gasteiger partial charge in [-0.3, -0.25) is 0 Å². The van der Waals surface area contributed by atoms with Crippen LogP contribution < -0.4 is 0 Å². The number of hydrogen-bond donors (Lipinski definition) is 1. The van der Waals surface area contributed by atoms with Gasteiger partial charge in [0.15, 0.2) is 0 Å². The molecule has 5 nitrogen and oxygen atoms in total. The molecular formula is C12H18N2O3S. The Hall–Kier alpha value is -1.11. The Labute approximate surface area is 107 Å². The minimum absolute atomic E-state index is 0.150. The van der Waals surface area contributed by atoms with Crippen molar-refractivity contribution in [2.75, 3.05) is 13.1 Å². The lowest BCUT2D eigenvalue weighted by Gasteiger charge is -2.21. The highest BCUT2D eigenvalue weighted by molar-refractivity contribution is 7.89. The molecule has 0 unspecified atom stereocenters. The molecule has 0 spiro atoms. The summed E-state index contributed by atoms with van der Waals surface area (Å²) in [6.45, 7) is 3.35. The number of aryl methyl sites for hydroxylation is 1. The maximum Gasteiger partial charge on any atom is 0.244 e. The second kappa shape index (κ2) is 5.26. The van der Waals surface area contributed by atoms with Crippen LogP contribution in [0.1, 0.15) is 19.0 Å². The van der Waals surface area contributed by atoms with E-state index in [0.717, 1.165) is 6.42 Å². The molecule has 2 heterocycles. The molecule has 18 heavy (non-hydrogen) atoms. The van der Waals surface area contributed by atoms with E-state index in [0.29, 0.717) is 25.3 Å². The third-order valence-electron chi connectivity index (χ3n) is 3.12. The van der Waals surface area contributed by atoms with Gasteiger partial charge in [-0.2, -0.15) is 4.31 Å². The highest BCUT2D eigenvalue weighted by Crippen LogP contribution is 2.21. The Morgan fingerprint density at radius 1 is 1.39 bits per heavy atom. The number of rotatable bonds is 4. The average molecular weight is 270 g/mol. The average Bonchev–Trinajstić information content (AvgIpc) is 2.83. The molecule has 6 heteroatoms. The molecule has 0 radical (unpaired) electrons. The Morgan fingerprint density at radius 3 is 2.67 bits per heavy atom. The molecule has 0 bridgehead atoms. The fourth-order valence-corrected chi connectivity index (χ4v) is 3.55. The first-order valence-corrected chi connectivity index (χ1v) is 7.48. The summed E-state index contributed by atoms with van der Waals surface area (Å²) in [4.78, 5) is 0.267. The van der Waals surface area contributed by atoms with Crippen LogP contribution in [-0.4, -0.2) is 35.5 Å². The lowest BCUT2D eigenvalue weighted by Crippen LogP contribution is -2.33. The van der Waals surface area contributed by atoms with Gasteiger partial charge >= 0.3 is 0 Å². The van der Waals surface area contributed by atoms with Crippen molar-refractivity contribution in [3.05, 3.63) is 30.1 Å². The number of aromatic nitrogens is 1. The van der Waals surface area contributed by atoms with Crippen molar-refractivity contribution >= 4 is 10.0 Å². The van der Waals surface area contributed by atoms with Crippen molar-refractivity contribution in [2.45, 2.75) is 31.4 Å². The van der Waals surface area contributed by atoms with Crippen LogP contribution >= 0.6 is 0 Å². The molecule has 0 atom stereocenters. The second-order valence-corrected chi connectivity index (χ2v) is 6.17. The smallest absolute Gasteiger partial charge is 0.244 e. The number of sulfonamides is 1. The van der Waals surface area contributed by atoms with Crippen LogP contribution in [0.4, 0.5) is 0 Å². The number of hydrogen-bond acceptors (Lipinski definition) is 3. The Morgan fingerprint density at radius 2 is 2.17 bits per heavy atom. The molecule has 2 rings (SSSR count). The molecule has 0 saturated heterocycles. The Kier molecular flexibility index (Phi) is 3.89. The van der Waals surface area contributed by atoms with Gasteiger partial charge in [0.2, 0.25) is 10.0 Å². The normalized spacial score (nSPS) is 17.2. The Balaban J connectivity index is 2.34. The number of aliphatic hydroxyl groups is 1. The zero-order valence-corrected chi connectivity index (χ0v) is 11.2. The predicted molar refractivity (Wildman–Crippen MR) is 68.5 cm³/mol. The highest BCUT2D eigenvalue weighted by atomic mass is 32.2. The predicted octanol–water partition coefficient (Wildman–Crippen LogP) is 0.951. The van der Waals surface area contributed by atoms with E-state index in [4.69, 9.17) is 0 Å². The monoisotopic (exact) mass is 270 g/mol. The zero-order chi connectivity index (χ0) is 13.2. The van der Waals surface area contributed by atoms with Gasteiger partial charge < -0.3 is 9.67 Å². The van der Waals surface area contributed by atoms with E-state index in [1.54, 1.807) is 16.8 Å². The zero-order valence-electron chi connectivity index (χ0n) is 10.4. The van der Waals surface area contributed by atoms with E-state index in [-0.39, 0.29) is 11.5 Å². The molecule has 1 N–H and O–H groups in total. The van der Waals surface area contributed by atoms with Crippen LogP contribution in [0.2, 0.25) is 0 Å². The third-order valence-corrected chi connectivity index (χ3v) is 4.95. The van der Waals surface area contributed by atoms with Crippen molar-refractivity contribution < 1.29 is 13.5 Å². The molecular weight excluding hydrogens is 252 g/mol. The van der Waals surface area contributed by atoms with Gasteiger partial charge in [-0.05, 0) is 19.4 Å². The van der Waals surface area contributed by atoms with Gasteiger partial charge in [-0.25, -0.2) is 8.42 Å². The minimum Gasteiger partial charge on any atom is -0.390 e. The summed E-state index contributed by atoms with van der Waals surface area (Å²) in [5.74, 6) is 0. The molecule has 0 saturated carbocycles. The van der Waals surface area contributed by atoms with Crippen molar-refractivity contribution in [3.8, 4) is 0 Å². The second-order valence-electron chi connectivity index (χ2n) is 4.23. The molecule has 0 fully saturated rings. The maximum absolute atomic E-state index is 12.4. The maximum atomic E-state index is 12.4. The van der Waals surface area contributed by atoms with E-state index in [1.807, 2.05) is 19.1 Å². The van der Waals surface area contributed by atoms with Crippen molar-refractivity contribution in [1.29, 1.82) is 0 Å². The lowest BCUT2D eigenvalue weighted by molar-refractivity contribution is 0.271. The first-order chi connectivity index (χ1) is 8.59. The number of aliphatic hydroxyl groups excluding tert-OH is 1. The fourth-order valence-electron chi connectivity index (χ4n) is 2.08. The summed E-state index contributed by atoms with van der Waals surface area (Å²) in [7, 11) is -3.43. The molecule has 1 aliphatic heterocycles. The van der Waals surface area contributed by atoms with Gasteiger partial charge in [0.1, 0.15) is 4.90 Å². The van der Waals surface area contributed by atoms with Crippen molar-refractivity contribution in [1.82, 2.24) is 8.87 Å². The topological polar surface area (TPSA) is 62.5 Å². The molecule has 0 aliphatic carbocycles. The van der Waals surface area contributed by atoms with Gasteiger partial charge in [-0.1, -0.05) is 12.2 Å². The van der Waals surface area contributed by atoms with E-state index >= 15 is 0 Å². The summed E-state index contributed by atoms with van der Waals surface area (Å²) in [5, 5.41) is 9.20.